The number of sulfonamides is 1. The lowest BCUT2D eigenvalue weighted by Gasteiger charge is -2.31. The minimum absolute atomic E-state index is 0.144. The monoisotopic (exact) mass is 535 g/mol. The van der Waals surface area contributed by atoms with E-state index in [-0.39, 0.29) is 17.1 Å². The maximum atomic E-state index is 14.5. The first-order chi connectivity index (χ1) is 18.9. The van der Waals surface area contributed by atoms with Crippen molar-refractivity contribution in [2.45, 2.75) is 24.8 Å². The van der Waals surface area contributed by atoms with Gasteiger partial charge in [-0.15, -0.1) is 0 Å². The molecule has 0 radical (unpaired) electrons. The molecular weight excluding hydrogens is 506 g/mol. The molecular formula is C33H29NO4S. The number of carbonyl (C=O) groups is 1. The number of ether oxygens (including phenoxy) is 1. The molecule has 196 valence electrons. The summed E-state index contributed by atoms with van der Waals surface area (Å²) in [5.74, 6) is -0.550. The summed E-state index contributed by atoms with van der Waals surface area (Å²) in [4.78, 5) is 13.5. The Kier molecular flexibility index (Phi) is 7.48. The highest BCUT2D eigenvalue weighted by Gasteiger charge is 2.44. The highest BCUT2D eigenvalue weighted by atomic mass is 32.2. The summed E-state index contributed by atoms with van der Waals surface area (Å²) < 4.78 is 35.9. The summed E-state index contributed by atoms with van der Waals surface area (Å²) in [6.07, 6.45) is 1.68. The topological polar surface area (TPSA) is 63.7 Å². The average Bonchev–Trinajstić information content (AvgIpc) is 3.36. The van der Waals surface area contributed by atoms with Crippen LogP contribution in [0.25, 0.3) is 5.57 Å². The Morgan fingerprint density at radius 1 is 0.769 bits per heavy atom. The third-order valence-electron chi connectivity index (χ3n) is 6.64. The van der Waals surface area contributed by atoms with Gasteiger partial charge < -0.3 is 4.74 Å². The van der Waals surface area contributed by atoms with E-state index in [1.807, 2.05) is 97.9 Å². The lowest BCUT2D eigenvalue weighted by molar-refractivity contribution is -0.138. The SMILES string of the molecule is CCOC(=O)C1=CC(=C(c2ccccc2)c2ccccc2)N(S(=O)(=O)c2ccc(C)cc2)C1c1ccccc1. The maximum Gasteiger partial charge on any atom is 0.336 e. The molecule has 0 aliphatic carbocycles. The van der Waals surface area contributed by atoms with Crippen molar-refractivity contribution in [1.82, 2.24) is 4.31 Å². The number of allylic oxidation sites excluding steroid dienone is 1. The van der Waals surface area contributed by atoms with Crippen LogP contribution in [-0.2, 0) is 19.6 Å². The molecule has 1 heterocycles. The van der Waals surface area contributed by atoms with Crippen LogP contribution in [0.2, 0.25) is 0 Å². The standard InChI is InChI=1S/C33H29NO4S/c1-3-38-33(35)29-23-30(31(25-13-7-4-8-14-25)26-15-9-5-10-16-26)34(32(29)27-17-11-6-12-18-27)39(36,37)28-21-19-24(2)20-22-28/h4-23,32H,3H2,1-2H3. The van der Waals surface area contributed by atoms with Crippen molar-refractivity contribution in [2.24, 2.45) is 0 Å². The Labute approximate surface area is 229 Å². The molecule has 0 N–H and O–H groups in total. The number of carbonyl (C=O) groups excluding carboxylic acids is 1. The molecule has 1 aliphatic rings. The van der Waals surface area contributed by atoms with Crippen molar-refractivity contribution in [1.29, 1.82) is 0 Å². The highest BCUT2D eigenvalue weighted by molar-refractivity contribution is 7.89. The zero-order chi connectivity index (χ0) is 27.4. The summed E-state index contributed by atoms with van der Waals surface area (Å²) in [5, 5.41) is 0. The quantitative estimate of drug-likeness (QED) is 0.247. The van der Waals surface area contributed by atoms with E-state index in [2.05, 4.69) is 0 Å². The second-order valence-corrected chi connectivity index (χ2v) is 11.1. The fourth-order valence-electron chi connectivity index (χ4n) is 4.84. The molecule has 0 fully saturated rings. The van der Waals surface area contributed by atoms with E-state index in [0.717, 1.165) is 16.7 Å². The first kappa shape index (κ1) is 26.2. The van der Waals surface area contributed by atoms with Gasteiger partial charge >= 0.3 is 5.97 Å². The van der Waals surface area contributed by atoms with Crippen molar-refractivity contribution in [3.05, 3.63) is 155 Å². The molecule has 0 saturated heterocycles. The molecule has 0 amide bonds. The third kappa shape index (κ3) is 5.16. The fraction of sp³-hybridized carbons (Fsp3) is 0.121. The Morgan fingerprint density at radius 2 is 1.28 bits per heavy atom. The van der Waals surface area contributed by atoms with E-state index in [0.29, 0.717) is 16.8 Å². The molecule has 5 rings (SSSR count). The third-order valence-corrected chi connectivity index (χ3v) is 8.44. The zero-order valence-corrected chi connectivity index (χ0v) is 22.6. The number of hydrogen-bond donors (Lipinski definition) is 0. The van der Waals surface area contributed by atoms with Crippen LogP contribution >= 0.6 is 0 Å². The molecule has 4 aromatic rings. The van der Waals surface area contributed by atoms with Crippen molar-refractivity contribution in [3.63, 3.8) is 0 Å². The van der Waals surface area contributed by atoms with Crippen molar-refractivity contribution < 1.29 is 17.9 Å². The molecule has 1 aliphatic heterocycles. The molecule has 0 aromatic heterocycles. The van der Waals surface area contributed by atoms with Gasteiger partial charge in [0.15, 0.2) is 0 Å². The summed E-state index contributed by atoms with van der Waals surface area (Å²) >= 11 is 0. The second kappa shape index (κ2) is 11.1. The predicted octanol–water partition coefficient (Wildman–Crippen LogP) is 6.69. The van der Waals surface area contributed by atoms with Crippen LogP contribution in [0.15, 0.2) is 138 Å². The fourth-order valence-corrected chi connectivity index (χ4v) is 6.46. The summed E-state index contributed by atoms with van der Waals surface area (Å²) in [6, 6.07) is 34.3. The average molecular weight is 536 g/mol. The predicted molar refractivity (Wildman–Crippen MR) is 153 cm³/mol. The Bertz CT molecular complexity index is 1590. The molecule has 0 saturated carbocycles. The van der Waals surface area contributed by atoms with E-state index in [9.17, 15) is 13.2 Å². The van der Waals surface area contributed by atoms with Crippen LogP contribution in [0.3, 0.4) is 0 Å². The van der Waals surface area contributed by atoms with Gasteiger partial charge in [0.2, 0.25) is 0 Å². The van der Waals surface area contributed by atoms with Gasteiger partial charge in [-0.1, -0.05) is 109 Å². The Balaban J connectivity index is 1.87. The van der Waals surface area contributed by atoms with Crippen LogP contribution in [0.4, 0.5) is 0 Å². The molecule has 1 unspecified atom stereocenters. The van der Waals surface area contributed by atoms with Crippen LogP contribution in [0.1, 0.15) is 35.2 Å². The van der Waals surface area contributed by atoms with Crippen LogP contribution < -0.4 is 0 Å². The number of nitrogens with zero attached hydrogens (tertiary/aromatic N) is 1. The van der Waals surface area contributed by atoms with Gasteiger partial charge in [-0.2, -0.15) is 0 Å². The number of esters is 1. The molecule has 0 spiro atoms. The van der Waals surface area contributed by atoms with E-state index in [4.69, 9.17) is 4.74 Å². The molecule has 6 heteroatoms. The minimum Gasteiger partial charge on any atom is -0.463 e. The maximum absolute atomic E-state index is 14.5. The van der Waals surface area contributed by atoms with Crippen LogP contribution in [0, 0.1) is 6.92 Å². The van der Waals surface area contributed by atoms with Crippen LogP contribution in [0.5, 0.6) is 0 Å². The molecule has 39 heavy (non-hydrogen) atoms. The van der Waals surface area contributed by atoms with Gasteiger partial charge in [-0.3, -0.25) is 4.31 Å². The summed E-state index contributed by atoms with van der Waals surface area (Å²) in [5.41, 5.74) is 4.65. The smallest absolute Gasteiger partial charge is 0.336 e. The number of rotatable bonds is 7. The summed E-state index contributed by atoms with van der Waals surface area (Å²) in [7, 11) is -4.13. The van der Waals surface area contributed by atoms with Gasteiger partial charge in [0.25, 0.3) is 10.0 Å². The van der Waals surface area contributed by atoms with Gasteiger partial charge in [0, 0.05) is 5.57 Å². The van der Waals surface area contributed by atoms with Crippen LogP contribution in [-0.4, -0.2) is 25.3 Å². The number of benzene rings is 4. The first-order valence-electron chi connectivity index (χ1n) is 12.8. The van der Waals surface area contributed by atoms with E-state index in [1.54, 1.807) is 37.3 Å². The normalized spacial score (nSPS) is 15.1. The lowest BCUT2D eigenvalue weighted by Crippen LogP contribution is -2.33. The summed E-state index contributed by atoms with van der Waals surface area (Å²) in [6.45, 7) is 3.82. The number of hydrogen-bond acceptors (Lipinski definition) is 4. The molecule has 5 nitrogen and oxygen atoms in total. The Morgan fingerprint density at radius 3 is 1.79 bits per heavy atom. The number of aryl methyl sites for hydroxylation is 1. The van der Waals surface area contributed by atoms with Crippen molar-refractivity contribution in [2.75, 3.05) is 6.61 Å². The van der Waals surface area contributed by atoms with Crippen molar-refractivity contribution in [3.8, 4) is 0 Å². The minimum atomic E-state index is -4.13. The zero-order valence-electron chi connectivity index (χ0n) is 21.8. The van der Waals surface area contributed by atoms with Gasteiger partial charge in [-0.05, 0) is 48.7 Å². The van der Waals surface area contributed by atoms with Crippen molar-refractivity contribution >= 4 is 21.6 Å². The largest absolute Gasteiger partial charge is 0.463 e. The Hall–Kier alpha value is -4.42. The van der Waals surface area contributed by atoms with Gasteiger partial charge in [-0.25, -0.2) is 13.2 Å². The van der Waals surface area contributed by atoms with Gasteiger partial charge in [0.1, 0.15) is 6.04 Å². The second-order valence-electron chi connectivity index (χ2n) is 9.24. The molecule has 1 atom stereocenters. The van der Waals surface area contributed by atoms with Gasteiger partial charge in [0.05, 0.1) is 22.8 Å². The van der Waals surface area contributed by atoms with E-state index >= 15 is 0 Å². The molecule has 0 bridgehead atoms. The van der Waals surface area contributed by atoms with E-state index in [1.165, 1.54) is 4.31 Å². The highest BCUT2D eigenvalue weighted by Crippen LogP contribution is 2.46. The lowest BCUT2D eigenvalue weighted by atomic mass is 9.96. The van der Waals surface area contributed by atoms with E-state index < -0.39 is 22.0 Å². The molecule has 4 aromatic carbocycles. The first-order valence-corrected chi connectivity index (χ1v) is 14.3.